The lowest BCUT2D eigenvalue weighted by molar-refractivity contribution is -0.134. The summed E-state index contributed by atoms with van der Waals surface area (Å²) < 4.78 is 30.5. The normalized spacial score (nSPS) is 19.9. The van der Waals surface area contributed by atoms with E-state index in [2.05, 4.69) is 0 Å². The van der Waals surface area contributed by atoms with E-state index in [9.17, 15) is 18.0 Å². The zero-order valence-corrected chi connectivity index (χ0v) is 18.9. The number of piperazine rings is 1. The minimum Gasteiger partial charge on any atom is -0.444 e. The summed E-state index contributed by atoms with van der Waals surface area (Å²) in [6.45, 7) is 9.48. The molecule has 2 unspecified atom stereocenters. The highest BCUT2D eigenvalue weighted by Crippen LogP contribution is 2.20. The third kappa shape index (κ3) is 6.46. The molecule has 164 valence electrons. The van der Waals surface area contributed by atoms with Crippen molar-refractivity contribution in [1.29, 1.82) is 5.26 Å². The Morgan fingerprint density at radius 2 is 1.63 bits per heavy atom. The van der Waals surface area contributed by atoms with Gasteiger partial charge in [-0.25, -0.2) is 13.2 Å². The van der Waals surface area contributed by atoms with Crippen LogP contribution in [0.5, 0.6) is 0 Å². The quantitative estimate of drug-likeness (QED) is 0.718. The number of amides is 2. The van der Waals surface area contributed by atoms with Crippen LogP contribution < -0.4 is 0 Å². The summed E-state index contributed by atoms with van der Waals surface area (Å²) in [5.41, 5.74) is 0.350. The first-order valence-electron chi connectivity index (χ1n) is 9.80. The molecule has 0 spiro atoms. The van der Waals surface area contributed by atoms with Crippen LogP contribution in [-0.2, 0) is 25.1 Å². The molecule has 1 aliphatic heterocycles. The lowest BCUT2D eigenvalue weighted by atomic mass is 10.1. The third-order valence-corrected chi connectivity index (χ3v) is 6.21. The fourth-order valence-electron chi connectivity index (χ4n) is 3.30. The standard InChI is InChI=1S/C21H29N3O5S/c1-15-12-24(20(26)29-21(3,4)5)16(2)11-23(15)19(25)14-30(27,28)13-18-8-6-17(10-22)7-9-18/h6-9,15-16H,11-14H2,1-5H3. The van der Waals surface area contributed by atoms with Crippen LogP contribution in [0.4, 0.5) is 4.79 Å². The molecule has 0 radical (unpaired) electrons. The van der Waals surface area contributed by atoms with E-state index in [1.54, 1.807) is 63.8 Å². The molecule has 2 amide bonds. The fraction of sp³-hybridized carbons (Fsp3) is 0.571. The predicted molar refractivity (Wildman–Crippen MR) is 112 cm³/mol. The van der Waals surface area contributed by atoms with Crippen LogP contribution in [-0.4, -0.2) is 66.7 Å². The van der Waals surface area contributed by atoms with E-state index in [0.717, 1.165) is 0 Å². The molecule has 30 heavy (non-hydrogen) atoms. The highest BCUT2D eigenvalue weighted by atomic mass is 32.2. The van der Waals surface area contributed by atoms with Crippen LogP contribution in [0.25, 0.3) is 0 Å². The second-order valence-corrected chi connectivity index (χ2v) is 10.8. The van der Waals surface area contributed by atoms with Crippen molar-refractivity contribution < 1.29 is 22.7 Å². The van der Waals surface area contributed by atoms with Crippen molar-refractivity contribution in [1.82, 2.24) is 9.80 Å². The Morgan fingerprint density at radius 3 is 2.17 bits per heavy atom. The maximum Gasteiger partial charge on any atom is 0.410 e. The zero-order valence-electron chi connectivity index (χ0n) is 18.1. The van der Waals surface area contributed by atoms with Gasteiger partial charge in [-0.05, 0) is 52.3 Å². The van der Waals surface area contributed by atoms with Crippen LogP contribution >= 0.6 is 0 Å². The molecule has 1 fully saturated rings. The molecule has 8 nitrogen and oxygen atoms in total. The minimum absolute atomic E-state index is 0.242. The summed E-state index contributed by atoms with van der Waals surface area (Å²) in [5.74, 6) is -1.35. The molecule has 2 rings (SSSR count). The average molecular weight is 436 g/mol. The number of carbonyl (C=O) groups excluding carboxylic acids is 2. The Balaban J connectivity index is 2.01. The Kier molecular flexibility index (Phi) is 7.14. The van der Waals surface area contributed by atoms with Crippen molar-refractivity contribution in [2.75, 3.05) is 18.8 Å². The zero-order chi connectivity index (χ0) is 22.7. The van der Waals surface area contributed by atoms with Gasteiger partial charge in [0.05, 0.1) is 17.4 Å². The van der Waals surface area contributed by atoms with Gasteiger partial charge in [0.1, 0.15) is 11.4 Å². The van der Waals surface area contributed by atoms with Gasteiger partial charge >= 0.3 is 6.09 Å². The predicted octanol–water partition coefficient (Wildman–Crippen LogP) is 2.33. The van der Waals surface area contributed by atoms with Crippen molar-refractivity contribution in [3.05, 3.63) is 35.4 Å². The monoisotopic (exact) mass is 435 g/mol. The number of ether oxygens (including phenoxy) is 1. The summed E-state index contributed by atoms with van der Waals surface area (Å²) >= 11 is 0. The molecule has 1 aromatic carbocycles. The number of hydrogen-bond donors (Lipinski definition) is 0. The number of nitrogens with zero attached hydrogens (tertiary/aromatic N) is 3. The first kappa shape index (κ1) is 23.7. The highest BCUT2D eigenvalue weighted by Gasteiger charge is 2.37. The van der Waals surface area contributed by atoms with Crippen LogP contribution in [0.3, 0.4) is 0 Å². The molecule has 9 heteroatoms. The topological polar surface area (TPSA) is 108 Å². The third-order valence-electron chi connectivity index (χ3n) is 4.75. The lowest BCUT2D eigenvalue weighted by Crippen LogP contribution is -2.60. The Labute approximate surface area is 178 Å². The van der Waals surface area contributed by atoms with Gasteiger partial charge < -0.3 is 14.5 Å². The molecule has 1 saturated heterocycles. The summed E-state index contributed by atoms with van der Waals surface area (Å²) in [6.07, 6.45) is -0.442. The molecule has 0 N–H and O–H groups in total. The van der Waals surface area contributed by atoms with E-state index >= 15 is 0 Å². The van der Waals surface area contributed by atoms with Gasteiger partial charge in [0.15, 0.2) is 9.84 Å². The van der Waals surface area contributed by atoms with E-state index in [4.69, 9.17) is 10.00 Å². The van der Waals surface area contributed by atoms with E-state index in [1.807, 2.05) is 6.07 Å². The molecule has 0 aliphatic carbocycles. The Hall–Kier alpha value is -2.60. The summed E-state index contributed by atoms with van der Waals surface area (Å²) in [6, 6.07) is 7.60. The summed E-state index contributed by atoms with van der Waals surface area (Å²) in [4.78, 5) is 28.2. The number of nitriles is 1. The molecule has 1 aliphatic rings. The number of rotatable bonds is 4. The molecule has 2 atom stereocenters. The van der Waals surface area contributed by atoms with Crippen LogP contribution in [0.2, 0.25) is 0 Å². The first-order chi connectivity index (χ1) is 13.8. The van der Waals surface area contributed by atoms with Gasteiger partial charge in [0.25, 0.3) is 0 Å². The van der Waals surface area contributed by atoms with Gasteiger partial charge in [0.2, 0.25) is 5.91 Å². The van der Waals surface area contributed by atoms with Crippen molar-refractivity contribution >= 4 is 21.8 Å². The van der Waals surface area contributed by atoms with Gasteiger partial charge in [0, 0.05) is 25.2 Å². The van der Waals surface area contributed by atoms with Crippen LogP contribution in [0, 0.1) is 11.3 Å². The van der Waals surface area contributed by atoms with E-state index in [1.165, 1.54) is 4.90 Å². The first-order valence-corrected chi connectivity index (χ1v) is 11.6. The SMILES string of the molecule is CC1CN(C(=O)OC(C)(C)C)C(C)CN1C(=O)CS(=O)(=O)Cc1ccc(C#N)cc1. The van der Waals surface area contributed by atoms with E-state index in [-0.39, 0.29) is 30.9 Å². The highest BCUT2D eigenvalue weighted by molar-refractivity contribution is 7.91. The Bertz CT molecular complexity index is 929. The molecule has 0 aromatic heterocycles. The average Bonchev–Trinajstić information content (AvgIpc) is 2.61. The number of hydrogen-bond acceptors (Lipinski definition) is 6. The largest absolute Gasteiger partial charge is 0.444 e. The van der Waals surface area contributed by atoms with Gasteiger partial charge in [-0.3, -0.25) is 4.79 Å². The molecule has 0 saturated carbocycles. The van der Waals surface area contributed by atoms with E-state index in [0.29, 0.717) is 11.1 Å². The number of benzene rings is 1. The molecule has 1 aromatic rings. The summed E-state index contributed by atoms with van der Waals surface area (Å²) in [7, 11) is -3.68. The van der Waals surface area contributed by atoms with Crippen molar-refractivity contribution in [2.24, 2.45) is 0 Å². The molecular weight excluding hydrogens is 406 g/mol. The van der Waals surface area contributed by atoms with Crippen LogP contribution in [0.15, 0.2) is 24.3 Å². The molecule has 0 bridgehead atoms. The maximum atomic E-state index is 12.7. The smallest absolute Gasteiger partial charge is 0.410 e. The van der Waals surface area contributed by atoms with Crippen LogP contribution in [0.1, 0.15) is 45.7 Å². The number of carbonyl (C=O) groups is 2. The lowest BCUT2D eigenvalue weighted by Gasteiger charge is -2.44. The second kappa shape index (κ2) is 9.04. The van der Waals surface area contributed by atoms with Crippen molar-refractivity contribution in [3.8, 4) is 6.07 Å². The molecule has 1 heterocycles. The van der Waals surface area contributed by atoms with Gasteiger partial charge in [-0.1, -0.05) is 12.1 Å². The maximum absolute atomic E-state index is 12.7. The van der Waals surface area contributed by atoms with Crippen molar-refractivity contribution in [2.45, 2.75) is 58.1 Å². The van der Waals surface area contributed by atoms with Gasteiger partial charge in [-0.2, -0.15) is 5.26 Å². The Morgan fingerprint density at radius 1 is 1.10 bits per heavy atom. The van der Waals surface area contributed by atoms with Gasteiger partial charge in [-0.15, -0.1) is 0 Å². The second-order valence-electron chi connectivity index (χ2n) is 8.72. The summed E-state index contributed by atoms with van der Waals surface area (Å²) in [5, 5.41) is 8.83. The minimum atomic E-state index is -3.68. The van der Waals surface area contributed by atoms with Crippen molar-refractivity contribution in [3.63, 3.8) is 0 Å². The molecular formula is C21H29N3O5S. The van der Waals surface area contributed by atoms with E-state index < -0.39 is 33.2 Å². The fourth-order valence-corrected chi connectivity index (χ4v) is 4.64. The number of sulfone groups is 1.